The molecule has 1 heterocycles. The summed E-state index contributed by atoms with van der Waals surface area (Å²) in [5.74, 6) is 0.269. The molecule has 2 aromatic rings. The highest BCUT2D eigenvalue weighted by atomic mass is 32.2. The minimum Gasteiger partial charge on any atom is -0.382 e. The van der Waals surface area contributed by atoms with E-state index in [0.29, 0.717) is 28.1 Å². The summed E-state index contributed by atoms with van der Waals surface area (Å²) < 4.78 is 0. The number of aromatic nitrogens is 2. The number of nitriles is 1. The monoisotopic (exact) mass is 312 g/mol. The van der Waals surface area contributed by atoms with E-state index in [1.807, 2.05) is 25.1 Å². The van der Waals surface area contributed by atoms with Crippen LogP contribution >= 0.6 is 11.8 Å². The van der Waals surface area contributed by atoms with E-state index in [1.54, 1.807) is 11.8 Å². The maximum Gasteiger partial charge on any atom is 0.190 e. The highest BCUT2D eigenvalue weighted by Gasteiger charge is 2.14. The number of rotatable bonds is 5. The van der Waals surface area contributed by atoms with Gasteiger partial charge in [-0.3, -0.25) is 0 Å². The van der Waals surface area contributed by atoms with Crippen LogP contribution in [0.1, 0.15) is 42.7 Å². The molecule has 1 aromatic heterocycles. The molecule has 4 nitrogen and oxygen atoms in total. The molecule has 1 aromatic carbocycles. The number of thioether (sulfide) groups is 1. The number of anilines is 1. The van der Waals surface area contributed by atoms with Gasteiger partial charge in [-0.15, -0.1) is 0 Å². The van der Waals surface area contributed by atoms with Gasteiger partial charge in [-0.1, -0.05) is 55.4 Å². The predicted molar refractivity (Wildman–Crippen MR) is 90.8 cm³/mol. The van der Waals surface area contributed by atoms with Gasteiger partial charge in [0.2, 0.25) is 0 Å². The first-order valence-corrected chi connectivity index (χ1v) is 8.20. The normalized spacial score (nSPS) is 11.9. The van der Waals surface area contributed by atoms with E-state index in [-0.39, 0.29) is 5.82 Å². The fourth-order valence-corrected chi connectivity index (χ4v) is 2.92. The van der Waals surface area contributed by atoms with Crippen LogP contribution in [0, 0.1) is 18.3 Å². The van der Waals surface area contributed by atoms with Gasteiger partial charge >= 0.3 is 0 Å². The van der Waals surface area contributed by atoms with Crippen LogP contribution in [0.5, 0.6) is 0 Å². The maximum atomic E-state index is 9.33. The van der Waals surface area contributed by atoms with Gasteiger partial charge < -0.3 is 5.73 Å². The van der Waals surface area contributed by atoms with Crippen molar-refractivity contribution in [3.63, 3.8) is 0 Å². The minimum atomic E-state index is 0.269. The number of hydrogen-bond acceptors (Lipinski definition) is 5. The van der Waals surface area contributed by atoms with Gasteiger partial charge in [-0.2, -0.15) is 5.26 Å². The summed E-state index contributed by atoms with van der Waals surface area (Å²) in [6, 6.07) is 10.3. The quantitative estimate of drug-likeness (QED) is 0.672. The van der Waals surface area contributed by atoms with Crippen molar-refractivity contribution >= 4 is 17.6 Å². The first kappa shape index (κ1) is 16.3. The Morgan fingerprint density at radius 1 is 1.36 bits per heavy atom. The Kier molecular flexibility index (Phi) is 5.40. The Morgan fingerprint density at radius 2 is 2.14 bits per heavy atom. The van der Waals surface area contributed by atoms with Crippen molar-refractivity contribution in [1.29, 1.82) is 5.26 Å². The van der Waals surface area contributed by atoms with Gasteiger partial charge in [0.05, 0.1) is 5.69 Å². The molecular weight excluding hydrogens is 292 g/mol. The van der Waals surface area contributed by atoms with Gasteiger partial charge in [0.1, 0.15) is 17.5 Å². The third-order valence-corrected chi connectivity index (χ3v) is 4.57. The Morgan fingerprint density at radius 3 is 2.77 bits per heavy atom. The average Bonchev–Trinajstić information content (AvgIpc) is 2.47. The van der Waals surface area contributed by atoms with Gasteiger partial charge in [0.15, 0.2) is 5.16 Å². The first-order chi connectivity index (χ1) is 10.5. The second-order valence-corrected chi connectivity index (χ2v) is 6.73. The molecular formula is C17H20N4S. The van der Waals surface area contributed by atoms with Crippen molar-refractivity contribution in [1.82, 2.24) is 9.97 Å². The average molecular weight is 312 g/mol. The number of hydrogen-bond donors (Lipinski definition) is 1. The summed E-state index contributed by atoms with van der Waals surface area (Å²) in [5.41, 5.74) is 9.34. The number of nitrogens with zero attached hydrogens (tertiary/aromatic N) is 3. The second-order valence-electron chi connectivity index (χ2n) is 5.33. The summed E-state index contributed by atoms with van der Waals surface area (Å²) in [6.07, 6.45) is 1.62. The fourth-order valence-electron chi connectivity index (χ4n) is 2.08. The molecule has 1 atom stereocenters. The van der Waals surface area contributed by atoms with Crippen molar-refractivity contribution in [3.05, 3.63) is 46.6 Å². The topological polar surface area (TPSA) is 75.6 Å². The van der Waals surface area contributed by atoms with E-state index in [9.17, 15) is 5.26 Å². The van der Waals surface area contributed by atoms with E-state index >= 15 is 0 Å². The molecule has 0 fully saturated rings. The summed E-state index contributed by atoms with van der Waals surface area (Å²) in [4.78, 5) is 8.83. The number of benzene rings is 1. The molecule has 0 aliphatic rings. The van der Waals surface area contributed by atoms with Gasteiger partial charge in [-0.25, -0.2) is 9.97 Å². The van der Waals surface area contributed by atoms with Crippen molar-refractivity contribution < 1.29 is 0 Å². The highest BCUT2D eigenvalue weighted by Crippen LogP contribution is 2.25. The summed E-state index contributed by atoms with van der Waals surface area (Å²) in [5, 5.41) is 10.4. The molecule has 0 saturated heterocycles. The smallest absolute Gasteiger partial charge is 0.190 e. The van der Waals surface area contributed by atoms with Gasteiger partial charge in [0.25, 0.3) is 0 Å². The Labute approximate surface area is 135 Å². The minimum absolute atomic E-state index is 0.269. The predicted octanol–water partition coefficient (Wildman–Crippen LogP) is 3.72. The summed E-state index contributed by atoms with van der Waals surface area (Å²) >= 11 is 1.59. The molecule has 0 spiro atoms. The molecule has 0 aliphatic heterocycles. The molecule has 22 heavy (non-hydrogen) atoms. The molecule has 0 bridgehead atoms. The van der Waals surface area contributed by atoms with Crippen LogP contribution in [0.25, 0.3) is 0 Å². The molecule has 0 radical (unpaired) electrons. The third kappa shape index (κ3) is 3.99. The van der Waals surface area contributed by atoms with Crippen molar-refractivity contribution in [2.45, 2.75) is 44.0 Å². The zero-order valence-electron chi connectivity index (χ0n) is 13.1. The molecule has 2 rings (SSSR count). The summed E-state index contributed by atoms with van der Waals surface area (Å²) in [7, 11) is 0. The standard InChI is InChI=1S/C17H20N4S/c1-4-12(3)22-17-20-15(14(10-18)16(19)21-17)9-13-7-5-6-11(2)8-13/h5-8,12H,4,9H2,1-3H3,(H2,19,20,21). The van der Waals surface area contributed by atoms with E-state index in [4.69, 9.17) is 5.73 Å². The van der Waals surface area contributed by atoms with Crippen LogP contribution in [0.2, 0.25) is 0 Å². The Bertz CT molecular complexity index is 706. The Hall–Kier alpha value is -2.06. The van der Waals surface area contributed by atoms with Crippen molar-refractivity contribution in [2.24, 2.45) is 0 Å². The van der Waals surface area contributed by atoms with Gasteiger partial charge in [-0.05, 0) is 18.9 Å². The SMILES string of the molecule is CCC(C)Sc1nc(N)c(C#N)c(Cc2cccc(C)c2)n1. The lowest BCUT2D eigenvalue weighted by Gasteiger charge is -2.11. The van der Waals surface area contributed by atoms with E-state index < -0.39 is 0 Å². The molecule has 0 saturated carbocycles. The largest absolute Gasteiger partial charge is 0.382 e. The number of nitrogen functional groups attached to an aromatic ring is 1. The van der Waals surface area contributed by atoms with Crippen LogP contribution in [0.15, 0.2) is 29.4 Å². The molecule has 0 amide bonds. The zero-order chi connectivity index (χ0) is 16.1. The maximum absolute atomic E-state index is 9.33. The lowest BCUT2D eigenvalue weighted by atomic mass is 10.0. The van der Waals surface area contributed by atoms with Crippen LogP contribution in [-0.4, -0.2) is 15.2 Å². The lowest BCUT2D eigenvalue weighted by Crippen LogP contribution is -2.07. The molecule has 5 heteroatoms. The van der Waals surface area contributed by atoms with Crippen molar-refractivity contribution in [2.75, 3.05) is 5.73 Å². The highest BCUT2D eigenvalue weighted by molar-refractivity contribution is 7.99. The van der Waals surface area contributed by atoms with Crippen LogP contribution in [-0.2, 0) is 6.42 Å². The third-order valence-electron chi connectivity index (χ3n) is 3.44. The molecule has 1 unspecified atom stereocenters. The van der Waals surface area contributed by atoms with Crippen LogP contribution < -0.4 is 5.73 Å². The molecule has 2 N–H and O–H groups in total. The lowest BCUT2D eigenvalue weighted by molar-refractivity contribution is 0.867. The fraction of sp³-hybridized carbons (Fsp3) is 0.353. The van der Waals surface area contributed by atoms with Crippen LogP contribution in [0.4, 0.5) is 5.82 Å². The Balaban J connectivity index is 2.37. The molecule has 0 aliphatic carbocycles. The van der Waals surface area contributed by atoms with E-state index in [2.05, 4.69) is 36.0 Å². The van der Waals surface area contributed by atoms with Crippen molar-refractivity contribution in [3.8, 4) is 6.07 Å². The number of aryl methyl sites for hydroxylation is 1. The van der Waals surface area contributed by atoms with E-state index in [1.165, 1.54) is 5.56 Å². The second kappa shape index (κ2) is 7.28. The first-order valence-electron chi connectivity index (χ1n) is 7.32. The van der Waals surface area contributed by atoms with Crippen LogP contribution in [0.3, 0.4) is 0 Å². The number of nitrogens with two attached hydrogens (primary N) is 1. The van der Waals surface area contributed by atoms with E-state index in [0.717, 1.165) is 12.0 Å². The summed E-state index contributed by atoms with van der Waals surface area (Å²) in [6.45, 7) is 6.30. The molecule has 114 valence electrons. The zero-order valence-corrected chi connectivity index (χ0v) is 13.9. The van der Waals surface area contributed by atoms with Gasteiger partial charge in [0, 0.05) is 11.7 Å².